The highest BCUT2D eigenvalue weighted by Gasteiger charge is 2.50. The Morgan fingerprint density at radius 1 is 0.375 bits per heavy atom. The number of rotatable bonds is 9. The van der Waals surface area contributed by atoms with Crippen molar-refractivity contribution in [1.82, 2.24) is 0 Å². The molecule has 0 heterocycles. The first kappa shape index (κ1) is 31.3. The van der Waals surface area contributed by atoms with Crippen molar-refractivity contribution in [2.24, 2.45) is 9.96 Å². The molecule has 0 spiro atoms. The van der Waals surface area contributed by atoms with Crippen LogP contribution in [-0.2, 0) is 4.52 Å². The highest BCUT2D eigenvalue weighted by Crippen LogP contribution is 2.57. The summed E-state index contributed by atoms with van der Waals surface area (Å²) in [6, 6.07) is 73.5. The molecule has 232 valence electrons. The van der Waals surface area contributed by atoms with Crippen molar-refractivity contribution in [1.29, 1.82) is 0 Å². The van der Waals surface area contributed by atoms with Crippen molar-refractivity contribution in [3.63, 3.8) is 0 Å². The first-order valence-electron chi connectivity index (χ1n) is 16.0. The van der Waals surface area contributed by atoms with E-state index in [-0.39, 0.29) is 0 Å². The van der Waals surface area contributed by atoms with Crippen LogP contribution in [-0.4, -0.2) is 5.90 Å². The summed E-state index contributed by atoms with van der Waals surface area (Å²) in [5.74, 6) is 0.479. The van der Waals surface area contributed by atoms with E-state index in [1.165, 1.54) is 0 Å². The van der Waals surface area contributed by atoms with Gasteiger partial charge in [0.05, 0.1) is 7.05 Å². The maximum absolute atomic E-state index is 7.57. The molecule has 0 saturated heterocycles. The van der Waals surface area contributed by atoms with Crippen LogP contribution in [0.15, 0.2) is 222 Å². The molecule has 7 aromatic rings. The Labute approximate surface area is 283 Å². The summed E-state index contributed by atoms with van der Waals surface area (Å²) >= 11 is 0. The second-order valence-corrected chi connectivity index (χ2v) is 17.2. The quantitative estimate of drug-likeness (QED) is 0.0664. The van der Waals surface area contributed by atoms with E-state index < -0.39 is 14.5 Å². The Kier molecular flexibility index (Phi) is 9.52. The molecule has 0 aliphatic carbocycles. The maximum Gasteiger partial charge on any atom is 0.291 e. The minimum Gasteiger partial charge on any atom is -0.312 e. The molecule has 0 unspecified atom stereocenters. The number of nitrogens with zero attached hydrogens (tertiary/aromatic N) is 2. The van der Waals surface area contributed by atoms with Crippen molar-refractivity contribution in [3.05, 3.63) is 218 Å². The van der Waals surface area contributed by atoms with E-state index in [1.807, 2.05) is 54.6 Å². The molecule has 0 amide bonds. The lowest BCUT2D eigenvalue weighted by Gasteiger charge is -2.27. The SMILES string of the molecule is c1ccc(C(=NN=P(c2ccccc2)(c2ccccc2)c2ccccc2)O[P+](c2ccccc2)(c2ccccc2)c2ccccc2)cc1. The van der Waals surface area contributed by atoms with Crippen LogP contribution in [0.2, 0.25) is 0 Å². The van der Waals surface area contributed by atoms with E-state index in [9.17, 15) is 0 Å². The maximum atomic E-state index is 7.57. The van der Waals surface area contributed by atoms with Crippen LogP contribution in [0.4, 0.5) is 0 Å². The summed E-state index contributed by atoms with van der Waals surface area (Å²) in [7, 11) is -5.39. The molecule has 7 aromatic carbocycles. The molecular weight excluding hydrogens is 622 g/mol. The van der Waals surface area contributed by atoms with Crippen molar-refractivity contribution in [2.45, 2.75) is 0 Å². The van der Waals surface area contributed by atoms with Crippen molar-refractivity contribution < 1.29 is 4.52 Å². The predicted molar refractivity (Wildman–Crippen MR) is 207 cm³/mol. The molecular formula is C43H35N2OP2+. The van der Waals surface area contributed by atoms with Gasteiger partial charge in [0.15, 0.2) is 0 Å². The Hall–Kier alpha value is -5.33. The summed E-state index contributed by atoms with van der Waals surface area (Å²) in [5, 5.41) is 11.9. The van der Waals surface area contributed by atoms with Crippen LogP contribution in [0.25, 0.3) is 0 Å². The molecule has 0 aromatic heterocycles. The normalized spacial score (nSPS) is 11.9. The van der Waals surface area contributed by atoms with E-state index in [2.05, 4.69) is 158 Å². The first-order valence-corrected chi connectivity index (χ1v) is 19.4. The zero-order valence-electron chi connectivity index (χ0n) is 26.4. The molecule has 48 heavy (non-hydrogen) atoms. The number of hydrogen-bond donors (Lipinski definition) is 0. The highest BCUT2D eigenvalue weighted by atomic mass is 31.2. The summed E-state index contributed by atoms with van der Waals surface area (Å²) in [5.41, 5.74) is 0.862. The topological polar surface area (TPSA) is 34.0 Å². The Morgan fingerprint density at radius 2 is 0.667 bits per heavy atom. The van der Waals surface area contributed by atoms with Gasteiger partial charge in [-0.15, -0.1) is 5.10 Å². The fourth-order valence-electron chi connectivity index (χ4n) is 6.00. The second-order valence-electron chi connectivity index (χ2n) is 11.2. The molecule has 3 nitrogen and oxygen atoms in total. The monoisotopic (exact) mass is 657 g/mol. The van der Waals surface area contributed by atoms with Crippen LogP contribution in [0.3, 0.4) is 0 Å². The second kappa shape index (κ2) is 14.6. The lowest BCUT2D eigenvalue weighted by Crippen LogP contribution is -2.34. The minimum absolute atomic E-state index is 0.479. The highest BCUT2D eigenvalue weighted by molar-refractivity contribution is 7.92. The van der Waals surface area contributed by atoms with E-state index in [4.69, 9.17) is 14.5 Å². The predicted octanol–water partition coefficient (Wildman–Crippen LogP) is 8.45. The largest absolute Gasteiger partial charge is 0.312 e. The van der Waals surface area contributed by atoms with E-state index in [0.29, 0.717) is 5.90 Å². The lowest BCUT2D eigenvalue weighted by molar-refractivity contribution is 0.615. The molecule has 0 radical (unpaired) electrons. The molecule has 0 aliphatic rings. The fourth-order valence-corrected chi connectivity index (χ4v) is 12.6. The molecule has 5 heteroatoms. The van der Waals surface area contributed by atoms with Crippen LogP contribution in [0.1, 0.15) is 5.56 Å². The Bertz CT molecular complexity index is 1930. The van der Waals surface area contributed by atoms with Gasteiger partial charge >= 0.3 is 0 Å². The third-order valence-corrected chi connectivity index (χ3v) is 15.3. The smallest absolute Gasteiger partial charge is 0.291 e. The number of benzene rings is 7. The average Bonchev–Trinajstić information content (AvgIpc) is 3.19. The third-order valence-electron chi connectivity index (χ3n) is 8.26. The zero-order valence-corrected chi connectivity index (χ0v) is 28.2. The van der Waals surface area contributed by atoms with Gasteiger partial charge < -0.3 is 4.52 Å². The Morgan fingerprint density at radius 3 is 1.00 bits per heavy atom. The zero-order chi connectivity index (χ0) is 32.5. The van der Waals surface area contributed by atoms with Gasteiger partial charge in [-0.1, -0.05) is 164 Å². The van der Waals surface area contributed by atoms with E-state index in [1.54, 1.807) is 0 Å². The van der Waals surface area contributed by atoms with Gasteiger partial charge in [-0.05, 0) is 48.5 Å². The summed E-state index contributed by atoms with van der Waals surface area (Å²) in [4.78, 5) is 5.50. The van der Waals surface area contributed by atoms with E-state index in [0.717, 1.165) is 37.4 Å². The lowest BCUT2D eigenvalue weighted by atomic mass is 10.2. The van der Waals surface area contributed by atoms with E-state index >= 15 is 0 Å². The van der Waals surface area contributed by atoms with Gasteiger partial charge in [-0.25, -0.2) is 0 Å². The Balaban J connectivity index is 1.56. The molecule has 0 N–H and O–H groups in total. The van der Waals surface area contributed by atoms with Crippen molar-refractivity contribution in [3.8, 4) is 0 Å². The van der Waals surface area contributed by atoms with Gasteiger partial charge in [0.1, 0.15) is 15.9 Å². The van der Waals surface area contributed by atoms with Gasteiger partial charge in [0, 0.05) is 21.5 Å². The fraction of sp³-hybridized carbons (Fsp3) is 0. The third kappa shape index (κ3) is 6.19. The van der Waals surface area contributed by atoms with Crippen LogP contribution in [0.5, 0.6) is 0 Å². The standard InChI is InChI=1S/C43H35N2OP2/c1-8-22-36(23-9-1)43(46-48(40-30-16-5-17-31-40,41-32-18-6-19-33-41)42-34-20-7-21-35-42)44-45-47(37-24-10-2-11-25-37,38-26-12-3-13-27-38)39-28-14-4-15-29-39/h1-35H/q+1. The molecule has 7 rings (SSSR count). The van der Waals surface area contributed by atoms with Gasteiger partial charge in [0.2, 0.25) is 0 Å². The molecule has 0 saturated carbocycles. The average molecular weight is 658 g/mol. The molecule has 0 atom stereocenters. The molecule has 0 aliphatic heterocycles. The van der Waals surface area contributed by atoms with Gasteiger partial charge in [-0.2, -0.15) is 4.85 Å². The number of hydrogen-bond acceptors (Lipinski definition) is 2. The summed E-state index contributed by atoms with van der Waals surface area (Å²) in [6.07, 6.45) is 0. The van der Waals surface area contributed by atoms with Gasteiger partial charge in [-0.3, -0.25) is 0 Å². The first-order chi connectivity index (χ1) is 23.8. The van der Waals surface area contributed by atoms with Crippen molar-refractivity contribution in [2.75, 3.05) is 0 Å². The van der Waals surface area contributed by atoms with Crippen LogP contribution < -0.4 is 31.8 Å². The minimum atomic E-state index is -2.75. The van der Waals surface area contributed by atoms with Crippen LogP contribution in [0, 0.1) is 0 Å². The summed E-state index contributed by atoms with van der Waals surface area (Å²) in [6.45, 7) is 0. The molecule has 0 fully saturated rings. The summed E-state index contributed by atoms with van der Waals surface area (Å²) < 4.78 is 7.57. The van der Waals surface area contributed by atoms with Gasteiger partial charge in [0.25, 0.3) is 13.4 Å². The molecule has 0 bridgehead atoms. The van der Waals surface area contributed by atoms with Crippen LogP contribution >= 0.6 is 14.5 Å². The van der Waals surface area contributed by atoms with Crippen molar-refractivity contribution >= 4 is 52.3 Å².